The molecule has 1 N–H and O–H groups in total. The Morgan fingerprint density at radius 2 is 1.75 bits per heavy atom. The van der Waals surface area contributed by atoms with Crippen LogP contribution in [-0.4, -0.2) is 28.7 Å². The quantitative estimate of drug-likeness (QED) is 0.182. The largest absolute Gasteiger partial charge is 0.497 e. The number of carbonyl (C=O) groups is 1. The molecule has 3 aromatic carbocycles. The predicted octanol–water partition coefficient (Wildman–Crippen LogP) is 5.93. The first-order valence-electron chi connectivity index (χ1n) is 10.8. The van der Waals surface area contributed by atoms with Crippen molar-refractivity contribution in [1.29, 1.82) is 5.26 Å². The number of thioether (sulfide) groups is 1. The van der Waals surface area contributed by atoms with Crippen molar-refractivity contribution >= 4 is 29.0 Å². The number of nitriles is 1. The van der Waals surface area contributed by atoms with Gasteiger partial charge in [0.15, 0.2) is 0 Å². The number of pyridine rings is 1. The number of methoxy groups -OCH3 is 1. The first kappa shape index (κ1) is 24.4. The molecule has 0 aliphatic carbocycles. The number of nitro benzene ring substituents is 1. The Kier molecular flexibility index (Phi) is 7.58. The summed E-state index contributed by atoms with van der Waals surface area (Å²) in [5, 5.41) is 24.2. The highest BCUT2D eigenvalue weighted by Crippen LogP contribution is 2.35. The van der Waals surface area contributed by atoms with Crippen molar-refractivity contribution in [3.8, 4) is 34.2 Å². The van der Waals surface area contributed by atoms with Crippen molar-refractivity contribution in [2.75, 3.05) is 18.2 Å². The monoisotopic (exact) mass is 496 g/mol. The second-order valence-corrected chi connectivity index (χ2v) is 8.52. The summed E-state index contributed by atoms with van der Waals surface area (Å²) < 4.78 is 5.24. The zero-order valence-electron chi connectivity index (χ0n) is 19.2. The van der Waals surface area contributed by atoms with Gasteiger partial charge in [0.1, 0.15) is 22.5 Å². The number of aromatic nitrogens is 1. The van der Waals surface area contributed by atoms with Gasteiger partial charge < -0.3 is 10.1 Å². The minimum atomic E-state index is -0.553. The molecule has 0 bridgehead atoms. The average molecular weight is 497 g/mol. The molecule has 1 heterocycles. The maximum Gasteiger partial charge on any atom is 0.292 e. The molecule has 0 radical (unpaired) electrons. The van der Waals surface area contributed by atoms with Crippen molar-refractivity contribution in [3.05, 3.63) is 101 Å². The summed E-state index contributed by atoms with van der Waals surface area (Å²) in [7, 11) is 1.59. The van der Waals surface area contributed by atoms with Crippen molar-refractivity contribution in [1.82, 2.24) is 4.98 Å². The van der Waals surface area contributed by atoms with Gasteiger partial charge in [-0.1, -0.05) is 54.2 Å². The van der Waals surface area contributed by atoms with Crippen LogP contribution in [0.25, 0.3) is 22.4 Å². The summed E-state index contributed by atoms with van der Waals surface area (Å²) in [4.78, 5) is 28.0. The molecule has 178 valence electrons. The Labute approximate surface area is 211 Å². The maximum atomic E-state index is 12.7. The third-order valence-electron chi connectivity index (χ3n) is 5.28. The Balaban J connectivity index is 1.68. The first-order chi connectivity index (χ1) is 17.5. The van der Waals surface area contributed by atoms with E-state index in [-0.39, 0.29) is 17.1 Å². The van der Waals surface area contributed by atoms with E-state index in [1.54, 1.807) is 13.2 Å². The lowest BCUT2D eigenvalue weighted by molar-refractivity contribution is -0.383. The van der Waals surface area contributed by atoms with Crippen molar-refractivity contribution in [2.24, 2.45) is 0 Å². The van der Waals surface area contributed by atoms with Gasteiger partial charge in [0, 0.05) is 17.2 Å². The van der Waals surface area contributed by atoms with E-state index in [2.05, 4.69) is 11.4 Å². The number of nitro groups is 1. The minimum absolute atomic E-state index is 0.0893. The number of hydrogen-bond donors (Lipinski definition) is 1. The normalized spacial score (nSPS) is 10.3. The number of anilines is 1. The van der Waals surface area contributed by atoms with Gasteiger partial charge >= 0.3 is 0 Å². The summed E-state index contributed by atoms with van der Waals surface area (Å²) in [5.74, 6) is 0.168. The average Bonchev–Trinajstić information content (AvgIpc) is 2.92. The molecule has 0 unspecified atom stereocenters. The smallest absolute Gasteiger partial charge is 0.292 e. The van der Waals surface area contributed by atoms with Gasteiger partial charge in [-0.2, -0.15) is 5.26 Å². The second kappa shape index (κ2) is 11.2. The summed E-state index contributed by atoms with van der Waals surface area (Å²) in [6.07, 6.45) is 0. The minimum Gasteiger partial charge on any atom is -0.497 e. The summed E-state index contributed by atoms with van der Waals surface area (Å²) >= 11 is 1.10. The van der Waals surface area contributed by atoms with Crippen LogP contribution in [-0.2, 0) is 4.79 Å². The zero-order valence-corrected chi connectivity index (χ0v) is 20.0. The summed E-state index contributed by atoms with van der Waals surface area (Å²) in [6, 6.07) is 26.9. The lowest BCUT2D eigenvalue weighted by atomic mass is 9.99. The van der Waals surface area contributed by atoms with E-state index in [0.717, 1.165) is 22.9 Å². The number of carbonyl (C=O) groups excluding carboxylic acids is 1. The number of rotatable bonds is 8. The van der Waals surface area contributed by atoms with Crippen molar-refractivity contribution in [3.63, 3.8) is 0 Å². The van der Waals surface area contributed by atoms with Crippen LogP contribution in [0.3, 0.4) is 0 Å². The molecule has 0 spiro atoms. The van der Waals surface area contributed by atoms with Gasteiger partial charge in [-0.3, -0.25) is 14.9 Å². The van der Waals surface area contributed by atoms with Gasteiger partial charge in [0.05, 0.1) is 29.0 Å². The van der Waals surface area contributed by atoms with Crippen LogP contribution in [0.5, 0.6) is 5.75 Å². The molecule has 9 heteroatoms. The van der Waals surface area contributed by atoms with Crippen LogP contribution < -0.4 is 10.1 Å². The SMILES string of the molecule is COc1ccc(-c2cc(-c3ccccc3)c(C#N)c(SCC(=O)Nc3ccccc3[N+](=O)[O-])n2)cc1. The molecule has 0 aliphatic rings. The van der Waals surface area contributed by atoms with Crippen LogP contribution in [0.2, 0.25) is 0 Å². The highest BCUT2D eigenvalue weighted by Gasteiger charge is 2.19. The molecular formula is C27H20N4O4S. The Hall–Kier alpha value is -4.68. The summed E-state index contributed by atoms with van der Waals surface area (Å²) in [6.45, 7) is 0. The van der Waals surface area contributed by atoms with Crippen LogP contribution in [0.4, 0.5) is 11.4 Å². The number of benzene rings is 3. The molecule has 1 amide bonds. The third-order valence-corrected chi connectivity index (χ3v) is 6.26. The molecule has 0 atom stereocenters. The van der Waals surface area contributed by atoms with Crippen LogP contribution in [0.1, 0.15) is 5.56 Å². The molecule has 0 saturated carbocycles. The highest BCUT2D eigenvalue weighted by molar-refractivity contribution is 8.00. The predicted molar refractivity (Wildman–Crippen MR) is 139 cm³/mol. The molecule has 1 aromatic heterocycles. The fourth-order valence-corrected chi connectivity index (χ4v) is 4.35. The van der Waals surface area contributed by atoms with E-state index in [9.17, 15) is 20.2 Å². The molecule has 4 aromatic rings. The fourth-order valence-electron chi connectivity index (χ4n) is 3.55. The van der Waals surface area contributed by atoms with Gasteiger partial charge in [-0.05, 0) is 42.0 Å². The van der Waals surface area contributed by atoms with E-state index < -0.39 is 10.8 Å². The Bertz CT molecular complexity index is 1450. The van der Waals surface area contributed by atoms with Gasteiger partial charge in [-0.15, -0.1) is 0 Å². The maximum absolute atomic E-state index is 12.7. The molecule has 0 aliphatic heterocycles. The number of nitrogens with one attached hydrogen (secondary N) is 1. The van der Waals surface area contributed by atoms with Crippen molar-refractivity contribution < 1.29 is 14.5 Å². The first-order valence-corrected chi connectivity index (χ1v) is 11.8. The number of ether oxygens (including phenoxy) is 1. The number of amides is 1. The van der Waals surface area contributed by atoms with Gasteiger partial charge in [0.25, 0.3) is 5.69 Å². The Morgan fingerprint density at radius 3 is 2.42 bits per heavy atom. The van der Waals surface area contributed by atoms with E-state index in [1.165, 1.54) is 18.2 Å². The molecular weight excluding hydrogens is 476 g/mol. The molecule has 36 heavy (non-hydrogen) atoms. The number of hydrogen-bond acceptors (Lipinski definition) is 7. The zero-order chi connectivity index (χ0) is 25.5. The van der Waals surface area contributed by atoms with E-state index in [4.69, 9.17) is 9.72 Å². The highest BCUT2D eigenvalue weighted by atomic mass is 32.2. The van der Waals surface area contributed by atoms with E-state index in [0.29, 0.717) is 27.6 Å². The van der Waals surface area contributed by atoms with Crippen LogP contribution in [0, 0.1) is 21.4 Å². The summed E-state index contributed by atoms with van der Waals surface area (Å²) in [5.41, 5.74) is 3.26. The van der Waals surface area contributed by atoms with E-state index in [1.807, 2.05) is 60.7 Å². The molecule has 4 rings (SSSR count). The second-order valence-electron chi connectivity index (χ2n) is 7.55. The topological polar surface area (TPSA) is 118 Å². The number of para-hydroxylation sites is 2. The standard InChI is InChI=1S/C27H20N4O4S/c1-35-20-13-11-19(12-14-20)24-15-21(18-7-3-2-4-8-18)22(16-28)27(30-24)36-17-26(32)29-23-9-5-6-10-25(23)31(33)34/h2-15H,17H2,1H3,(H,29,32). The van der Waals surface area contributed by atoms with Crippen LogP contribution >= 0.6 is 11.8 Å². The van der Waals surface area contributed by atoms with Crippen molar-refractivity contribution in [2.45, 2.75) is 5.03 Å². The van der Waals surface area contributed by atoms with Gasteiger partial charge in [0.2, 0.25) is 5.91 Å². The molecule has 0 fully saturated rings. The fraction of sp³-hybridized carbons (Fsp3) is 0.0741. The number of nitrogens with zero attached hydrogens (tertiary/aromatic N) is 3. The lowest BCUT2D eigenvalue weighted by Gasteiger charge is -2.13. The lowest BCUT2D eigenvalue weighted by Crippen LogP contribution is -2.15. The van der Waals surface area contributed by atoms with Gasteiger partial charge in [-0.25, -0.2) is 4.98 Å². The Morgan fingerprint density at radius 1 is 1.06 bits per heavy atom. The molecule has 0 saturated heterocycles. The van der Waals surface area contributed by atoms with Crippen LogP contribution in [0.15, 0.2) is 90.0 Å². The molecule has 8 nitrogen and oxygen atoms in total. The van der Waals surface area contributed by atoms with E-state index >= 15 is 0 Å². The third kappa shape index (κ3) is 5.51.